The van der Waals surface area contributed by atoms with Gasteiger partial charge in [-0.15, -0.1) is 0 Å². The molecule has 1 rings (SSSR count). The molecule has 0 bridgehead atoms. The summed E-state index contributed by atoms with van der Waals surface area (Å²) in [5.74, 6) is -0.720. The van der Waals surface area contributed by atoms with E-state index in [0.717, 1.165) is 12.0 Å². The van der Waals surface area contributed by atoms with Crippen LogP contribution in [0.25, 0.3) is 0 Å². The van der Waals surface area contributed by atoms with Crippen LogP contribution < -0.4 is 16.0 Å². The number of hydrogen-bond donors (Lipinski definition) is 3. The summed E-state index contributed by atoms with van der Waals surface area (Å²) in [5, 5.41) is 8.14. The van der Waals surface area contributed by atoms with Crippen molar-refractivity contribution in [1.29, 1.82) is 0 Å². The Morgan fingerprint density at radius 2 is 1.78 bits per heavy atom. The Labute approximate surface area is 161 Å². The van der Waals surface area contributed by atoms with Gasteiger partial charge in [-0.1, -0.05) is 37.3 Å². The number of esters is 1. The van der Waals surface area contributed by atoms with Crippen LogP contribution in [-0.2, 0) is 20.9 Å². The third kappa shape index (κ3) is 10.2. The molecule has 0 saturated carbocycles. The maximum Gasteiger partial charge on any atom is 0.315 e. The first kappa shape index (κ1) is 22.5. The molecule has 0 saturated heterocycles. The molecule has 0 aliphatic rings. The van der Waals surface area contributed by atoms with Gasteiger partial charge in [-0.2, -0.15) is 0 Å². The number of rotatable bonds is 9. The van der Waals surface area contributed by atoms with Gasteiger partial charge in [0.2, 0.25) is 5.91 Å². The van der Waals surface area contributed by atoms with E-state index in [1.165, 1.54) is 0 Å². The van der Waals surface area contributed by atoms with E-state index in [1.54, 1.807) is 0 Å². The molecule has 0 spiro atoms. The molecule has 3 N–H and O–H groups in total. The van der Waals surface area contributed by atoms with E-state index in [2.05, 4.69) is 16.0 Å². The van der Waals surface area contributed by atoms with Gasteiger partial charge in [0.15, 0.2) is 0 Å². The zero-order valence-electron chi connectivity index (χ0n) is 16.6. The van der Waals surface area contributed by atoms with Gasteiger partial charge in [-0.25, -0.2) is 4.79 Å². The number of carbonyl (C=O) groups excluding carboxylic acids is 3. The first-order valence-corrected chi connectivity index (χ1v) is 9.27. The molecule has 0 unspecified atom stereocenters. The molecule has 3 amide bonds. The van der Waals surface area contributed by atoms with Crippen LogP contribution in [0.4, 0.5) is 4.79 Å². The highest BCUT2D eigenvalue weighted by Gasteiger charge is 2.23. The highest BCUT2D eigenvalue weighted by atomic mass is 16.5. The third-order valence-corrected chi connectivity index (χ3v) is 3.54. The SMILES string of the molecule is CCCNC(=O)[C@H](CCC(=O)OCc1ccccc1)NC(=O)NC(C)(C)C. The summed E-state index contributed by atoms with van der Waals surface area (Å²) in [6.45, 7) is 8.18. The number of nitrogens with one attached hydrogen (secondary N) is 3. The van der Waals surface area contributed by atoms with E-state index in [-0.39, 0.29) is 25.4 Å². The van der Waals surface area contributed by atoms with Gasteiger partial charge in [-0.05, 0) is 39.2 Å². The van der Waals surface area contributed by atoms with Crippen molar-refractivity contribution in [3.63, 3.8) is 0 Å². The van der Waals surface area contributed by atoms with Crippen LogP contribution in [-0.4, -0.2) is 36.0 Å². The molecule has 0 aliphatic heterocycles. The summed E-state index contributed by atoms with van der Waals surface area (Å²) in [4.78, 5) is 36.4. The van der Waals surface area contributed by atoms with Crippen LogP contribution in [0.1, 0.15) is 52.5 Å². The van der Waals surface area contributed by atoms with Crippen molar-refractivity contribution in [2.24, 2.45) is 0 Å². The molecule has 7 nitrogen and oxygen atoms in total. The fraction of sp³-hybridized carbons (Fsp3) is 0.550. The minimum absolute atomic E-state index is 0.0346. The minimum Gasteiger partial charge on any atom is -0.461 e. The van der Waals surface area contributed by atoms with E-state index >= 15 is 0 Å². The zero-order chi connectivity index (χ0) is 20.3. The van der Waals surface area contributed by atoms with Crippen molar-refractivity contribution in [2.75, 3.05) is 6.54 Å². The van der Waals surface area contributed by atoms with Crippen LogP contribution in [0, 0.1) is 0 Å². The fourth-order valence-electron chi connectivity index (χ4n) is 2.25. The summed E-state index contributed by atoms with van der Waals surface area (Å²) < 4.78 is 5.23. The topological polar surface area (TPSA) is 96.5 Å². The van der Waals surface area contributed by atoms with Crippen molar-refractivity contribution >= 4 is 17.9 Å². The molecule has 1 atom stereocenters. The molecule has 1 aromatic carbocycles. The number of urea groups is 1. The van der Waals surface area contributed by atoms with Gasteiger partial charge in [-0.3, -0.25) is 9.59 Å². The van der Waals surface area contributed by atoms with E-state index in [0.29, 0.717) is 6.54 Å². The van der Waals surface area contributed by atoms with Gasteiger partial charge in [0.1, 0.15) is 12.6 Å². The van der Waals surface area contributed by atoms with Crippen LogP contribution >= 0.6 is 0 Å². The lowest BCUT2D eigenvalue weighted by atomic mass is 10.1. The maximum absolute atomic E-state index is 12.3. The number of amides is 3. The second-order valence-corrected chi connectivity index (χ2v) is 7.38. The standard InChI is InChI=1S/C20H31N3O4/c1-5-13-21-18(25)16(22-19(26)23-20(2,3)4)11-12-17(24)27-14-15-9-7-6-8-10-15/h6-10,16H,5,11-14H2,1-4H3,(H,21,25)(H2,22,23,26)/t16-/m0/s1. The van der Waals surface area contributed by atoms with E-state index in [1.807, 2.05) is 58.0 Å². The van der Waals surface area contributed by atoms with Gasteiger partial charge in [0.05, 0.1) is 0 Å². The number of hydrogen-bond acceptors (Lipinski definition) is 4. The Kier molecular flexibility index (Phi) is 9.33. The minimum atomic E-state index is -0.803. The van der Waals surface area contributed by atoms with Crippen molar-refractivity contribution in [2.45, 2.75) is 65.1 Å². The van der Waals surface area contributed by atoms with Crippen molar-refractivity contribution in [3.05, 3.63) is 35.9 Å². The molecule has 0 fully saturated rings. The largest absolute Gasteiger partial charge is 0.461 e. The van der Waals surface area contributed by atoms with Crippen molar-refractivity contribution in [3.8, 4) is 0 Å². The fourth-order valence-corrected chi connectivity index (χ4v) is 2.25. The average Bonchev–Trinajstić information content (AvgIpc) is 2.60. The highest BCUT2D eigenvalue weighted by Crippen LogP contribution is 2.06. The first-order chi connectivity index (χ1) is 12.7. The second-order valence-electron chi connectivity index (χ2n) is 7.38. The predicted molar refractivity (Wildman–Crippen MR) is 104 cm³/mol. The van der Waals surface area contributed by atoms with Gasteiger partial charge < -0.3 is 20.7 Å². The van der Waals surface area contributed by atoms with E-state index in [9.17, 15) is 14.4 Å². The molecular formula is C20H31N3O4. The molecular weight excluding hydrogens is 346 g/mol. The molecule has 1 aromatic rings. The van der Waals surface area contributed by atoms with Crippen molar-refractivity contribution < 1.29 is 19.1 Å². The van der Waals surface area contributed by atoms with E-state index < -0.39 is 23.6 Å². The van der Waals surface area contributed by atoms with Gasteiger partial charge in [0.25, 0.3) is 0 Å². The Bertz CT molecular complexity index is 611. The summed E-state index contributed by atoms with van der Waals surface area (Å²) in [6, 6.07) is 8.11. The molecule has 0 radical (unpaired) electrons. The van der Waals surface area contributed by atoms with Gasteiger partial charge in [0, 0.05) is 18.5 Å². The lowest BCUT2D eigenvalue weighted by Gasteiger charge is -2.24. The molecule has 27 heavy (non-hydrogen) atoms. The Morgan fingerprint density at radius 1 is 1.11 bits per heavy atom. The molecule has 0 aliphatic carbocycles. The summed E-state index contributed by atoms with van der Waals surface area (Å²) in [6.07, 6.45) is 0.985. The van der Waals surface area contributed by atoms with Crippen molar-refractivity contribution in [1.82, 2.24) is 16.0 Å². The zero-order valence-corrected chi connectivity index (χ0v) is 16.6. The van der Waals surface area contributed by atoms with Crippen LogP contribution in [0.5, 0.6) is 0 Å². The third-order valence-electron chi connectivity index (χ3n) is 3.54. The maximum atomic E-state index is 12.3. The summed E-state index contributed by atoms with van der Waals surface area (Å²) in [5.41, 5.74) is 0.467. The lowest BCUT2D eigenvalue weighted by Crippen LogP contribution is -2.54. The second kappa shape index (κ2) is 11.2. The quantitative estimate of drug-likeness (QED) is 0.576. The molecule has 0 aromatic heterocycles. The van der Waals surface area contributed by atoms with Crippen LogP contribution in [0.15, 0.2) is 30.3 Å². The van der Waals surface area contributed by atoms with E-state index in [4.69, 9.17) is 4.74 Å². The summed E-state index contributed by atoms with van der Waals surface area (Å²) in [7, 11) is 0. The van der Waals surface area contributed by atoms with Gasteiger partial charge >= 0.3 is 12.0 Å². The molecule has 150 valence electrons. The lowest BCUT2D eigenvalue weighted by molar-refractivity contribution is -0.145. The monoisotopic (exact) mass is 377 g/mol. The number of benzene rings is 1. The molecule has 0 heterocycles. The summed E-state index contributed by atoms with van der Waals surface area (Å²) >= 11 is 0. The normalized spacial score (nSPS) is 12.0. The predicted octanol–water partition coefficient (Wildman–Crippen LogP) is 2.50. The smallest absolute Gasteiger partial charge is 0.315 e. The average molecular weight is 377 g/mol. The first-order valence-electron chi connectivity index (χ1n) is 9.27. The highest BCUT2D eigenvalue weighted by molar-refractivity contribution is 5.87. The molecule has 7 heteroatoms. The van der Waals surface area contributed by atoms with Crippen LogP contribution in [0.3, 0.4) is 0 Å². The number of ether oxygens (including phenoxy) is 1. The Balaban J connectivity index is 2.55. The number of carbonyl (C=O) groups is 3. The van der Waals surface area contributed by atoms with Crippen LogP contribution in [0.2, 0.25) is 0 Å². The Hall–Kier alpha value is -2.57. The Morgan fingerprint density at radius 3 is 2.37 bits per heavy atom.